The van der Waals surface area contributed by atoms with Crippen molar-refractivity contribution in [2.75, 3.05) is 26.9 Å². The molecule has 0 amide bonds. The molecule has 1 heterocycles. The zero-order valence-electron chi connectivity index (χ0n) is 9.58. The van der Waals surface area contributed by atoms with Crippen LogP contribution in [0, 0.1) is 11.3 Å². The Balaban J connectivity index is 2.28. The van der Waals surface area contributed by atoms with E-state index in [-0.39, 0.29) is 6.10 Å². The molecule has 0 aliphatic carbocycles. The Morgan fingerprint density at radius 3 is 3.00 bits per heavy atom. The summed E-state index contributed by atoms with van der Waals surface area (Å²) in [4.78, 5) is 0. The van der Waals surface area contributed by atoms with E-state index >= 15 is 0 Å². The minimum atomic E-state index is -0.498. The van der Waals surface area contributed by atoms with E-state index in [2.05, 4.69) is 11.4 Å². The quantitative estimate of drug-likeness (QED) is 0.715. The highest BCUT2D eigenvalue weighted by atomic mass is 16.5. The number of ether oxygens (including phenoxy) is 2. The van der Waals surface area contributed by atoms with Crippen molar-refractivity contribution in [3.05, 3.63) is 0 Å². The van der Waals surface area contributed by atoms with Gasteiger partial charge in [0.05, 0.1) is 12.2 Å². The first-order valence-corrected chi connectivity index (χ1v) is 5.47. The summed E-state index contributed by atoms with van der Waals surface area (Å²) in [5.74, 6) is 0. The first-order chi connectivity index (χ1) is 7.20. The van der Waals surface area contributed by atoms with E-state index in [1.807, 2.05) is 6.92 Å². The summed E-state index contributed by atoms with van der Waals surface area (Å²) >= 11 is 0. The number of rotatable bonds is 6. The fraction of sp³-hybridized carbons (Fsp3) is 0.909. The van der Waals surface area contributed by atoms with Crippen molar-refractivity contribution >= 4 is 0 Å². The van der Waals surface area contributed by atoms with Crippen LogP contribution in [0.2, 0.25) is 0 Å². The molecule has 4 heteroatoms. The summed E-state index contributed by atoms with van der Waals surface area (Å²) in [5.41, 5.74) is -0.498. The molecule has 0 saturated carbocycles. The van der Waals surface area contributed by atoms with E-state index in [1.54, 1.807) is 7.11 Å². The maximum atomic E-state index is 9.08. The summed E-state index contributed by atoms with van der Waals surface area (Å²) in [6.07, 6.45) is 3.21. The van der Waals surface area contributed by atoms with Crippen LogP contribution in [0.3, 0.4) is 0 Å². The van der Waals surface area contributed by atoms with Crippen LogP contribution in [-0.4, -0.2) is 38.5 Å². The van der Waals surface area contributed by atoms with E-state index < -0.39 is 5.54 Å². The third kappa shape index (κ3) is 4.17. The second kappa shape index (κ2) is 6.06. The van der Waals surface area contributed by atoms with Gasteiger partial charge in [0.2, 0.25) is 0 Å². The van der Waals surface area contributed by atoms with Crippen LogP contribution in [0.5, 0.6) is 0 Å². The largest absolute Gasteiger partial charge is 0.385 e. The maximum Gasteiger partial charge on any atom is 0.106 e. The summed E-state index contributed by atoms with van der Waals surface area (Å²) in [7, 11) is 1.65. The van der Waals surface area contributed by atoms with E-state index in [9.17, 15) is 0 Å². The Kier molecular flexibility index (Phi) is 5.03. The third-order valence-corrected chi connectivity index (χ3v) is 2.80. The van der Waals surface area contributed by atoms with Gasteiger partial charge in [-0.1, -0.05) is 0 Å². The monoisotopic (exact) mass is 212 g/mol. The van der Waals surface area contributed by atoms with Gasteiger partial charge in [-0.15, -0.1) is 0 Å². The Labute approximate surface area is 91.6 Å². The van der Waals surface area contributed by atoms with Crippen LogP contribution in [-0.2, 0) is 9.47 Å². The molecule has 1 N–H and O–H groups in total. The van der Waals surface area contributed by atoms with Gasteiger partial charge in [-0.05, 0) is 19.8 Å². The Bertz CT molecular complexity index is 221. The van der Waals surface area contributed by atoms with Crippen molar-refractivity contribution in [2.45, 2.75) is 37.8 Å². The number of hydrogen-bond donors (Lipinski definition) is 1. The van der Waals surface area contributed by atoms with Gasteiger partial charge in [0, 0.05) is 33.3 Å². The van der Waals surface area contributed by atoms with Crippen LogP contribution in [0.15, 0.2) is 0 Å². The number of methoxy groups -OCH3 is 1. The van der Waals surface area contributed by atoms with Gasteiger partial charge in [-0.25, -0.2) is 0 Å². The summed E-state index contributed by atoms with van der Waals surface area (Å²) < 4.78 is 10.5. The second-order valence-electron chi connectivity index (χ2n) is 4.20. The van der Waals surface area contributed by atoms with Crippen LogP contribution < -0.4 is 5.32 Å². The summed E-state index contributed by atoms with van der Waals surface area (Å²) in [6, 6.07) is 2.29. The molecule has 1 aliphatic rings. The highest BCUT2D eigenvalue weighted by molar-refractivity contribution is 5.03. The maximum absolute atomic E-state index is 9.08. The van der Waals surface area contributed by atoms with Gasteiger partial charge in [0.15, 0.2) is 0 Å². The average molecular weight is 212 g/mol. The van der Waals surface area contributed by atoms with Crippen molar-refractivity contribution in [1.29, 1.82) is 5.26 Å². The molecule has 2 unspecified atom stereocenters. The molecule has 0 radical (unpaired) electrons. The molecular weight excluding hydrogens is 192 g/mol. The van der Waals surface area contributed by atoms with E-state index in [4.69, 9.17) is 14.7 Å². The van der Waals surface area contributed by atoms with E-state index in [1.165, 1.54) is 0 Å². The highest BCUT2D eigenvalue weighted by Crippen LogP contribution is 2.14. The van der Waals surface area contributed by atoms with Gasteiger partial charge in [-0.3, -0.25) is 5.32 Å². The van der Waals surface area contributed by atoms with Crippen molar-refractivity contribution in [3.8, 4) is 6.07 Å². The SMILES string of the molecule is COCCC(C)(C#N)NCC1CCCO1. The van der Waals surface area contributed by atoms with Crippen LogP contribution in [0.4, 0.5) is 0 Å². The van der Waals surface area contributed by atoms with Gasteiger partial charge in [0.25, 0.3) is 0 Å². The molecule has 1 saturated heterocycles. The highest BCUT2D eigenvalue weighted by Gasteiger charge is 2.25. The third-order valence-electron chi connectivity index (χ3n) is 2.80. The molecule has 0 spiro atoms. The van der Waals surface area contributed by atoms with Gasteiger partial charge in [-0.2, -0.15) is 5.26 Å². The molecule has 0 aromatic heterocycles. The first-order valence-electron chi connectivity index (χ1n) is 5.47. The minimum absolute atomic E-state index is 0.278. The van der Waals surface area contributed by atoms with Crippen molar-refractivity contribution in [2.24, 2.45) is 0 Å². The zero-order chi connectivity index (χ0) is 11.1. The minimum Gasteiger partial charge on any atom is -0.385 e. The van der Waals surface area contributed by atoms with Crippen molar-refractivity contribution < 1.29 is 9.47 Å². The number of hydrogen-bond acceptors (Lipinski definition) is 4. The normalized spacial score (nSPS) is 24.7. The molecule has 0 aromatic rings. The fourth-order valence-corrected chi connectivity index (χ4v) is 1.63. The number of nitrogens with one attached hydrogen (secondary N) is 1. The van der Waals surface area contributed by atoms with Gasteiger partial charge >= 0.3 is 0 Å². The number of nitriles is 1. The fourth-order valence-electron chi connectivity index (χ4n) is 1.63. The molecule has 2 atom stereocenters. The van der Waals surface area contributed by atoms with Crippen molar-refractivity contribution in [1.82, 2.24) is 5.32 Å². The topological polar surface area (TPSA) is 54.3 Å². The molecule has 1 rings (SSSR count). The lowest BCUT2D eigenvalue weighted by Gasteiger charge is -2.24. The van der Waals surface area contributed by atoms with E-state index in [0.717, 1.165) is 26.0 Å². The van der Waals surface area contributed by atoms with Crippen molar-refractivity contribution in [3.63, 3.8) is 0 Å². The zero-order valence-corrected chi connectivity index (χ0v) is 9.58. The molecule has 86 valence electrons. The predicted octanol–water partition coefficient (Wildman–Crippen LogP) is 1.07. The van der Waals surface area contributed by atoms with E-state index in [0.29, 0.717) is 13.0 Å². The van der Waals surface area contributed by atoms with Gasteiger partial charge < -0.3 is 9.47 Å². The molecule has 15 heavy (non-hydrogen) atoms. The Morgan fingerprint density at radius 1 is 1.67 bits per heavy atom. The average Bonchev–Trinajstić information content (AvgIpc) is 2.76. The smallest absolute Gasteiger partial charge is 0.106 e. The van der Waals surface area contributed by atoms with Gasteiger partial charge in [0.1, 0.15) is 5.54 Å². The molecule has 1 fully saturated rings. The van der Waals surface area contributed by atoms with Crippen LogP contribution in [0.1, 0.15) is 26.2 Å². The molecular formula is C11H20N2O2. The lowest BCUT2D eigenvalue weighted by atomic mass is 10.00. The Hall–Kier alpha value is -0.630. The molecule has 1 aliphatic heterocycles. The number of nitrogens with zero attached hydrogens (tertiary/aromatic N) is 1. The standard InChI is InChI=1S/C11H20N2O2/c1-11(9-12,5-7-14-2)13-8-10-4-3-6-15-10/h10,13H,3-8H2,1-2H3. The second-order valence-corrected chi connectivity index (χ2v) is 4.20. The Morgan fingerprint density at radius 2 is 2.47 bits per heavy atom. The summed E-state index contributed by atoms with van der Waals surface area (Å²) in [5, 5.41) is 12.3. The summed E-state index contributed by atoms with van der Waals surface area (Å²) in [6.45, 7) is 4.12. The first kappa shape index (κ1) is 12.4. The molecule has 0 bridgehead atoms. The lowest BCUT2D eigenvalue weighted by Crippen LogP contribution is -2.45. The molecule has 0 aromatic carbocycles. The lowest BCUT2D eigenvalue weighted by molar-refractivity contribution is 0.101. The van der Waals surface area contributed by atoms with Crippen LogP contribution >= 0.6 is 0 Å². The predicted molar refractivity (Wildman–Crippen MR) is 57.5 cm³/mol. The molecule has 4 nitrogen and oxygen atoms in total. The van der Waals surface area contributed by atoms with Crippen LogP contribution in [0.25, 0.3) is 0 Å².